The van der Waals surface area contributed by atoms with E-state index in [2.05, 4.69) is 0 Å². The number of carbonyl (C=O) groups is 1. The van der Waals surface area contributed by atoms with Crippen LogP contribution in [0.15, 0.2) is 17.0 Å². The number of fused-ring (bicyclic) bond motifs is 1. The Morgan fingerprint density at radius 1 is 1.40 bits per heavy atom. The van der Waals surface area contributed by atoms with Crippen molar-refractivity contribution >= 4 is 21.7 Å². The van der Waals surface area contributed by atoms with E-state index in [1.807, 2.05) is 0 Å². The molecular formula is C16H20N2O6S. The van der Waals surface area contributed by atoms with Crippen molar-refractivity contribution < 1.29 is 23.2 Å². The Kier molecular flexibility index (Phi) is 4.11. The lowest BCUT2D eigenvalue weighted by Crippen LogP contribution is -2.37. The predicted octanol–water partition coefficient (Wildman–Crippen LogP) is 2.09. The first kappa shape index (κ1) is 17.8. The van der Waals surface area contributed by atoms with Gasteiger partial charge in [-0.2, -0.15) is 4.31 Å². The van der Waals surface area contributed by atoms with Crippen molar-refractivity contribution in [3.05, 3.63) is 33.4 Å². The third kappa shape index (κ3) is 2.53. The number of hydrogen-bond acceptors (Lipinski definition) is 5. The molecule has 0 spiro atoms. The zero-order valence-corrected chi connectivity index (χ0v) is 14.9. The Morgan fingerprint density at radius 3 is 2.64 bits per heavy atom. The maximum absolute atomic E-state index is 13.2. The fourth-order valence-corrected chi connectivity index (χ4v) is 6.14. The fourth-order valence-electron chi connectivity index (χ4n) is 4.15. The van der Waals surface area contributed by atoms with E-state index < -0.39 is 32.0 Å². The number of hydrogen-bond donors (Lipinski definition) is 1. The summed E-state index contributed by atoms with van der Waals surface area (Å²) in [4.78, 5) is 22.1. The van der Waals surface area contributed by atoms with Gasteiger partial charge in [0, 0.05) is 19.2 Å². The van der Waals surface area contributed by atoms with Crippen LogP contribution in [-0.2, 0) is 14.8 Å². The van der Waals surface area contributed by atoms with Crippen LogP contribution in [0.1, 0.15) is 30.4 Å². The average molecular weight is 368 g/mol. The summed E-state index contributed by atoms with van der Waals surface area (Å²) in [6, 6.07) is 2.71. The Balaban J connectivity index is 2.09. The second kappa shape index (κ2) is 5.77. The van der Waals surface area contributed by atoms with Gasteiger partial charge in [0.1, 0.15) is 0 Å². The number of benzene rings is 1. The molecule has 1 aromatic carbocycles. The lowest BCUT2D eigenvalue weighted by molar-refractivity contribution is -0.388. The van der Waals surface area contributed by atoms with Crippen molar-refractivity contribution in [2.24, 2.45) is 11.3 Å². The van der Waals surface area contributed by atoms with E-state index in [1.165, 1.54) is 12.1 Å². The maximum atomic E-state index is 13.2. The number of nitro benzene ring substituents is 1. The highest BCUT2D eigenvalue weighted by Crippen LogP contribution is 2.50. The number of carboxylic acids is 1. The molecule has 0 radical (unpaired) electrons. The fraction of sp³-hybridized carbons (Fsp3) is 0.562. The molecule has 8 nitrogen and oxygen atoms in total. The number of nitrogens with zero attached hydrogens (tertiary/aromatic N) is 2. The second-order valence-corrected chi connectivity index (χ2v) is 8.84. The molecule has 2 atom stereocenters. The Labute approximate surface area is 145 Å². The topological polar surface area (TPSA) is 118 Å². The van der Waals surface area contributed by atoms with E-state index >= 15 is 0 Å². The van der Waals surface area contributed by atoms with Crippen LogP contribution < -0.4 is 0 Å². The lowest BCUT2D eigenvalue weighted by Gasteiger charge is -2.23. The minimum absolute atomic E-state index is 0.0964. The molecule has 0 aromatic heterocycles. The molecule has 3 rings (SSSR count). The van der Waals surface area contributed by atoms with Crippen LogP contribution in [0.4, 0.5) is 5.69 Å². The molecule has 25 heavy (non-hydrogen) atoms. The van der Waals surface area contributed by atoms with Crippen LogP contribution in [0.3, 0.4) is 0 Å². The summed E-state index contributed by atoms with van der Waals surface area (Å²) in [7, 11) is -4.15. The van der Waals surface area contributed by atoms with E-state index in [0.29, 0.717) is 24.0 Å². The number of aliphatic carboxylic acids is 1. The summed E-state index contributed by atoms with van der Waals surface area (Å²) in [5.41, 5.74) is -0.573. The van der Waals surface area contributed by atoms with Gasteiger partial charge in [-0.05, 0) is 43.7 Å². The molecule has 1 aromatic rings. The molecule has 2 aliphatic rings. The molecule has 1 saturated carbocycles. The molecule has 0 amide bonds. The number of rotatable bonds is 4. The smallest absolute Gasteiger partial charge is 0.311 e. The van der Waals surface area contributed by atoms with E-state index in [1.54, 1.807) is 13.8 Å². The first-order chi connectivity index (χ1) is 11.6. The molecule has 1 aliphatic carbocycles. The minimum atomic E-state index is -4.15. The summed E-state index contributed by atoms with van der Waals surface area (Å²) in [6.07, 6.45) is 1.86. The van der Waals surface area contributed by atoms with Crippen LogP contribution in [0.5, 0.6) is 0 Å². The monoisotopic (exact) mass is 368 g/mol. The second-order valence-electron chi connectivity index (χ2n) is 6.96. The highest BCUT2D eigenvalue weighted by molar-refractivity contribution is 7.89. The normalized spacial score (nSPS) is 26.6. The molecule has 9 heteroatoms. The molecule has 0 bridgehead atoms. The van der Waals surface area contributed by atoms with E-state index in [4.69, 9.17) is 0 Å². The summed E-state index contributed by atoms with van der Waals surface area (Å²) in [6.45, 7) is 3.20. The van der Waals surface area contributed by atoms with Gasteiger partial charge in [-0.1, -0.05) is 12.5 Å². The summed E-state index contributed by atoms with van der Waals surface area (Å²) in [5.74, 6) is -1.23. The molecule has 1 N–H and O–H groups in total. The van der Waals surface area contributed by atoms with Crippen molar-refractivity contribution in [2.45, 2.75) is 38.0 Å². The van der Waals surface area contributed by atoms with Gasteiger partial charge in [0.25, 0.3) is 5.69 Å². The Bertz CT molecular complexity index is 866. The molecule has 2 fully saturated rings. The molecule has 1 heterocycles. The predicted molar refractivity (Wildman–Crippen MR) is 88.7 cm³/mol. The number of sulfonamides is 1. The SMILES string of the molecule is Cc1ccc([N+](=O)[O-])c(S(=O)(=O)N2C[C@@H]3CCC[C@@]3(C(=O)O)C2)c1C. The zero-order valence-electron chi connectivity index (χ0n) is 14.1. The third-order valence-corrected chi connectivity index (χ3v) is 7.71. The molecule has 0 unspecified atom stereocenters. The quantitative estimate of drug-likeness (QED) is 0.642. The maximum Gasteiger partial charge on any atom is 0.311 e. The van der Waals surface area contributed by atoms with Crippen molar-refractivity contribution in [1.82, 2.24) is 4.31 Å². The van der Waals surface area contributed by atoms with Gasteiger partial charge in [-0.25, -0.2) is 8.42 Å². The highest BCUT2D eigenvalue weighted by atomic mass is 32.2. The van der Waals surface area contributed by atoms with Crippen molar-refractivity contribution in [2.75, 3.05) is 13.1 Å². The van der Waals surface area contributed by atoms with Gasteiger partial charge in [-0.15, -0.1) is 0 Å². The van der Waals surface area contributed by atoms with Gasteiger partial charge in [-0.3, -0.25) is 14.9 Å². The standard InChI is InChI=1S/C16H20N2O6S/c1-10-5-6-13(18(21)22)14(11(10)2)25(23,24)17-8-12-4-3-7-16(12,9-17)15(19)20/h5-6,12H,3-4,7-9H2,1-2H3,(H,19,20)/t12-,16+/m0/s1. The van der Waals surface area contributed by atoms with E-state index in [0.717, 1.165) is 10.7 Å². The van der Waals surface area contributed by atoms with Crippen LogP contribution in [0.2, 0.25) is 0 Å². The van der Waals surface area contributed by atoms with E-state index in [-0.39, 0.29) is 23.9 Å². The first-order valence-corrected chi connectivity index (χ1v) is 9.53. The number of nitro groups is 1. The Hall–Kier alpha value is -2.00. The van der Waals surface area contributed by atoms with Gasteiger partial charge in [0.15, 0.2) is 4.90 Å². The largest absolute Gasteiger partial charge is 0.481 e. The highest BCUT2D eigenvalue weighted by Gasteiger charge is 2.57. The van der Waals surface area contributed by atoms with Crippen molar-refractivity contribution in [3.8, 4) is 0 Å². The number of carboxylic acid groups (broad SMARTS) is 1. The van der Waals surface area contributed by atoms with Gasteiger partial charge in [0.2, 0.25) is 10.0 Å². The van der Waals surface area contributed by atoms with Gasteiger partial charge in [0.05, 0.1) is 10.3 Å². The summed E-state index contributed by atoms with van der Waals surface area (Å²) in [5, 5.41) is 21.0. The average Bonchev–Trinajstić information content (AvgIpc) is 3.07. The van der Waals surface area contributed by atoms with Crippen LogP contribution >= 0.6 is 0 Å². The van der Waals surface area contributed by atoms with Gasteiger partial charge < -0.3 is 5.11 Å². The Morgan fingerprint density at radius 2 is 2.08 bits per heavy atom. The minimum Gasteiger partial charge on any atom is -0.481 e. The molecule has 136 valence electrons. The third-order valence-electron chi connectivity index (χ3n) is 5.72. The molecule has 1 aliphatic heterocycles. The summed E-state index contributed by atoms with van der Waals surface area (Å²) >= 11 is 0. The number of aryl methyl sites for hydroxylation is 1. The molecular weight excluding hydrogens is 348 g/mol. The zero-order chi connectivity index (χ0) is 18.6. The lowest BCUT2D eigenvalue weighted by atomic mass is 9.81. The van der Waals surface area contributed by atoms with Crippen molar-refractivity contribution in [1.29, 1.82) is 0 Å². The van der Waals surface area contributed by atoms with Crippen LogP contribution in [0.25, 0.3) is 0 Å². The van der Waals surface area contributed by atoms with Crippen LogP contribution in [-0.4, -0.2) is 41.8 Å². The first-order valence-electron chi connectivity index (χ1n) is 8.09. The van der Waals surface area contributed by atoms with Gasteiger partial charge >= 0.3 is 5.97 Å². The van der Waals surface area contributed by atoms with E-state index in [9.17, 15) is 28.4 Å². The molecule has 1 saturated heterocycles. The van der Waals surface area contributed by atoms with Crippen LogP contribution in [0, 0.1) is 35.3 Å². The summed E-state index contributed by atoms with van der Waals surface area (Å²) < 4.78 is 27.4. The van der Waals surface area contributed by atoms with Crippen molar-refractivity contribution in [3.63, 3.8) is 0 Å².